The van der Waals surface area contributed by atoms with E-state index in [2.05, 4.69) is 24.5 Å². The Morgan fingerprint density at radius 2 is 1.88 bits per heavy atom. The average molecular weight is 448 g/mol. The maximum Gasteiger partial charge on any atom is 0.249 e. The second-order valence-corrected chi connectivity index (χ2v) is 12.0. The van der Waals surface area contributed by atoms with E-state index in [4.69, 9.17) is 4.74 Å². The predicted octanol–water partition coefficient (Wildman–Crippen LogP) is 2.74. The van der Waals surface area contributed by atoms with Crippen molar-refractivity contribution in [2.75, 3.05) is 11.9 Å². The molecular formula is C26H29N3O4. The van der Waals surface area contributed by atoms with E-state index in [0.717, 1.165) is 29.0 Å². The minimum Gasteiger partial charge on any atom is -0.483 e. The van der Waals surface area contributed by atoms with Crippen molar-refractivity contribution >= 4 is 29.5 Å². The maximum atomic E-state index is 13.9. The molecule has 4 atom stereocenters. The molecular weight excluding hydrogens is 418 g/mol. The van der Waals surface area contributed by atoms with Crippen LogP contribution in [0.4, 0.5) is 5.69 Å². The van der Waals surface area contributed by atoms with Crippen LogP contribution in [-0.4, -0.2) is 45.8 Å². The molecule has 6 heterocycles. The highest BCUT2D eigenvalue weighted by Crippen LogP contribution is 2.70. The second-order valence-electron chi connectivity index (χ2n) is 12.0. The van der Waals surface area contributed by atoms with E-state index in [1.54, 1.807) is 0 Å². The third kappa shape index (κ3) is 1.87. The lowest BCUT2D eigenvalue weighted by Crippen LogP contribution is -2.81. The normalized spacial score (nSPS) is 40.2. The number of rotatable bonds is 0. The number of fused-ring (bicyclic) bond motifs is 5. The molecule has 2 bridgehead atoms. The number of nitrogens with zero attached hydrogens (tertiary/aromatic N) is 1. The lowest BCUT2D eigenvalue weighted by molar-refractivity contribution is -0.175. The van der Waals surface area contributed by atoms with Crippen LogP contribution in [-0.2, 0) is 19.8 Å². The summed E-state index contributed by atoms with van der Waals surface area (Å²) in [7, 11) is 0. The molecule has 7 heteroatoms. The van der Waals surface area contributed by atoms with Gasteiger partial charge in [0, 0.05) is 18.0 Å². The topological polar surface area (TPSA) is 87.7 Å². The van der Waals surface area contributed by atoms with Gasteiger partial charge in [-0.3, -0.25) is 14.4 Å². The fourth-order valence-electron chi connectivity index (χ4n) is 8.24. The molecule has 1 aromatic carbocycles. The molecule has 7 aliphatic rings. The zero-order chi connectivity index (χ0) is 23.2. The highest BCUT2D eigenvalue weighted by atomic mass is 16.5. The molecule has 33 heavy (non-hydrogen) atoms. The molecule has 3 amide bonds. The van der Waals surface area contributed by atoms with Crippen molar-refractivity contribution in [3.63, 3.8) is 0 Å². The SMILES string of the molecule is CC1(C)C=Cc2c(ccc3c2NC(=O)[C@@]32C[C@]34NC(=O)[C@@]5(CCCN5C3=O)C[C@@H]4C2(C)C)O1. The highest BCUT2D eigenvalue weighted by molar-refractivity contribution is 6.12. The molecule has 6 aliphatic heterocycles. The molecule has 0 radical (unpaired) electrons. The van der Waals surface area contributed by atoms with Crippen molar-refractivity contribution in [1.29, 1.82) is 0 Å². The van der Waals surface area contributed by atoms with E-state index in [9.17, 15) is 14.4 Å². The van der Waals surface area contributed by atoms with Crippen LogP contribution in [0.3, 0.4) is 0 Å². The van der Waals surface area contributed by atoms with Gasteiger partial charge in [-0.25, -0.2) is 0 Å². The zero-order valence-corrected chi connectivity index (χ0v) is 19.5. The Bertz CT molecular complexity index is 1230. The van der Waals surface area contributed by atoms with Crippen LogP contribution in [0, 0.1) is 11.3 Å². The van der Waals surface area contributed by atoms with Crippen LogP contribution in [0.15, 0.2) is 18.2 Å². The first-order chi connectivity index (χ1) is 15.5. The second kappa shape index (κ2) is 5.29. The first-order valence-corrected chi connectivity index (χ1v) is 12.0. The van der Waals surface area contributed by atoms with Gasteiger partial charge in [0.05, 0.1) is 11.1 Å². The number of piperazine rings is 1. The molecule has 0 unspecified atom stereocenters. The number of hydrogen-bond acceptors (Lipinski definition) is 4. The van der Waals surface area contributed by atoms with Crippen LogP contribution < -0.4 is 15.4 Å². The van der Waals surface area contributed by atoms with Gasteiger partial charge < -0.3 is 20.3 Å². The van der Waals surface area contributed by atoms with Crippen molar-refractivity contribution in [3.8, 4) is 5.75 Å². The monoisotopic (exact) mass is 447 g/mol. The summed E-state index contributed by atoms with van der Waals surface area (Å²) >= 11 is 0. The number of anilines is 1. The molecule has 0 aromatic heterocycles. The van der Waals surface area contributed by atoms with E-state index in [0.29, 0.717) is 25.8 Å². The van der Waals surface area contributed by atoms with Gasteiger partial charge in [0.15, 0.2) is 0 Å². The minimum absolute atomic E-state index is 0.00462. The van der Waals surface area contributed by atoms with Gasteiger partial charge in [0.25, 0.3) is 0 Å². The van der Waals surface area contributed by atoms with E-state index < -0.39 is 27.5 Å². The fraction of sp³-hybridized carbons (Fsp3) is 0.577. The number of ether oxygens (including phenoxy) is 1. The molecule has 172 valence electrons. The first kappa shape index (κ1) is 19.6. The quantitative estimate of drug-likeness (QED) is 0.640. The number of benzene rings is 1. The molecule has 8 rings (SSSR count). The average Bonchev–Trinajstić information content (AvgIpc) is 3.35. The number of carbonyl (C=O) groups is 3. The summed E-state index contributed by atoms with van der Waals surface area (Å²) in [5.74, 6) is 0.523. The molecule has 1 aliphatic carbocycles. The Morgan fingerprint density at radius 1 is 1.09 bits per heavy atom. The number of amides is 3. The van der Waals surface area contributed by atoms with Crippen molar-refractivity contribution in [2.45, 2.75) is 75.5 Å². The number of hydrogen-bond donors (Lipinski definition) is 2. The Morgan fingerprint density at radius 3 is 2.67 bits per heavy atom. The van der Waals surface area contributed by atoms with Crippen LogP contribution in [0.2, 0.25) is 0 Å². The third-order valence-corrected chi connectivity index (χ3v) is 9.84. The van der Waals surface area contributed by atoms with Crippen molar-refractivity contribution in [2.24, 2.45) is 11.3 Å². The molecule has 1 saturated carbocycles. The van der Waals surface area contributed by atoms with Crippen LogP contribution in [0.25, 0.3) is 6.08 Å². The smallest absolute Gasteiger partial charge is 0.249 e. The minimum atomic E-state index is -1.03. The maximum absolute atomic E-state index is 13.9. The third-order valence-electron chi connectivity index (χ3n) is 9.84. The summed E-state index contributed by atoms with van der Waals surface area (Å²) < 4.78 is 6.15. The Balaban J connectivity index is 1.43. The highest BCUT2D eigenvalue weighted by Gasteiger charge is 2.80. The largest absolute Gasteiger partial charge is 0.483 e. The Kier molecular flexibility index (Phi) is 3.14. The zero-order valence-electron chi connectivity index (χ0n) is 19.5. The molecule has 5 fully saturated rings. The lowest BCUT2D eigenvalue weighted by Gasteiger charge is -2.59. The Labute approximate surface area is 192 Å². The van der Waals surface area contributed by atoms with Crippen molar-refractivity contribution in [3.05, 3.63) is 29.3 Å². The number of piperidine rings is 2. The summed E-state index contributed by atoms with van der Waals surface area (Å²) in [5, 5.41) is 6.36. The van der Waals surface area contributed by atoms with Gasteiger partial charge in [-0.05, 0) is 68.7 Å². The summed E-state index contributed by atoms with van der Waals surface area (Å²) in [4.78, 5) is 43.0. The molecule has 2 N–H and O–H groups in total. The summed E-state index contributed by atoms with van der Waals surface area (Å²) in [6.45, 7) is 8.86. The van der Waals surface area contributed by atoms with Gasteiger partial charge in [-0.2, -0.15) is 0 Å². The van der Waals surface area contributed by atoms with Crippen LogP contribution in [0.5, 0.6) is 5.75 Å². The summed E-state index contributed by atoms with van der Waals surface area (Å²) in [6.07, 6.45) is 6.51. The van der Waals surface area contributed by atoms with Crippen LogP contribution in [0.1, 0.15) is 64.5 Å². The Hall–Kier alpha value is -2.83. The van der Waals surface area contributed by atoms with Crippen molar-refractivity contribution < 1.29 is 19.1 Å². The molecule has 4 saturated heterocycles. The van der Waals surface area contributed by atoms with Crippen molar-refractivity contribution in [1.82, 2.24) is 10.2 Å². The lowest BCUT2D eigenvalue weighted by atomic mass is 9.57. The molecule has 1 aromatic rings. The van der Waals surface area contributed by atoms with Gasteiger partial charge in [-0.15, -0.1) is 0 Å². The van der Waals surface area contributed by atoms with Gasteiger partial charge in [0.1, 0.15) is 22.4 Å². The standard InChI is InChI=1S/C26H29N3O4/c1-22(2)10-8-14-16(33-22)7-6-15-18(14)27-20(31)25(15)13-26-17(23(25,3)4)12-24(19(30)28-26)9-5-11-29(24)21(26)32/h6-8,10,17H,5,9,11-13H2,1-4H3,(H,27,31)(H,28,30)/t17-,24-,25-,26-/m1/s1. The summed E-state index contributed by atoms with van der Waals surface area (Å²) in [5.41, 5.74) is -1.06. The van der Waals surface area contributed by atoms with E-state index >= 15 is 0 Å². The van der Waals surface area contributed by atoms with E-state index in [-0.39, 0.29) is 23.6 Å². The van der Waals surface area contributed by atoms with E-state index in [1.165, 1.54) is 0 Å². The molecule has 3 spiro atoms. The predicted molar refractivity (Wildman–Crippen MR) is 122 cm³/mol. The van der Waals surface area contributed by atoms with Gasteiger partial charge in [0.2, 0.25) is 17.7 Å². The van der Waals surface area contributed by atoms with Crippen LogP contribution >= 0.6 is 0 Å². The van der Waals surface area contributed by atoms with Gasteiger partial charge in [-0.1, -0.05) is 19.9 Å². The van der Waals surface area contributed by atoms with Gasteiger partial charge >= 0.3 is 0 Å². The first-order valence-electron chi connectivity index (χ1n) is 12.0. The van der Waals surface area contributed by atoms with E-state index in [1.807, 2.05) is 43.0 Å². The fourth-order valence-corrected chi connectivity index (χ4v) is 8.24. The summed E-state index contributed by atoms with van der Waals surface area (Å²) in [6, 6.07) is 3.95. The number of carbonyl (C=O) groups excluding carboxylic acids is 3. The molecule has 7 nitrogen and oxygen atoms in total. The number of nitrogens with one attached hydrogen (secondary N) is 2.